The van der Waals surface area contributed by atoms with Crippen molar-refractivity contribution < 1.29 is 27.5 Å². The van der Waals surface area contributed by atoms with E-state index in [4.69, 9.17) is 12.2 Å². The van der Waals surface area contributed by atoms with E-state index in [-0.39, 0.29) is 27.5 Å². The van der Waals surface area contributed by atoms with Crippen molar-refractivity contribution in [1.29, 1.82) is 0 Å². The highest BCUT2D eigenvalue weighted by Crippen LogP contribution is 2.33. The first-order valence-electron chi connectivity index (χ1n) is 7.97. The SMILES string of the molecule is COC(=O)C(=O)C1=C(c2ccccc2F)NC(=S)N[C@@H]1c1ccc(F)c(F)c1. The molecule has 0 aromatic heterocycles. The third-order valence-electron chi connectivity index (χ3n) is 4.11. The molecule has 1 heterocycles. The van der Waals surface area contributed by atoms with E-state index in [2.05, 4.69) is 15.4 Å². The molecular formula is C19H13F3N2O3S. The summed E-state index contributed by atoms with van der Waals surface area (Å²) in [6.07, 6.45) is 0. The van der Waals surface area contributed by atoms with Gasteiger partial charge in [-0.3, -0.25) is 4.79 Å². The lowest BCUT2D eigenvalue weighted by molar-refractivity contribution is -0.150. The number of Topliss-reactive ketones (excluding diaryl/α,β-unsaturated/α-hetero) is 1. The molecule has 5 nitrogen and oxygen atoms in total. The van der Waals surface area contributed by atoms with Crippen LogP contribution in [-0.2, 0) is 14.3 Å². The molecule has 2 aromatic rings. The smallest absolute Gasteiger partial charge is 0.379 e. The maximum Gasteiger partial charge on any atom is 0.379 e. The number of halogens is 3. The second kappa shape index (κ2) is 7.81. The Hall–Kier alpha value is -3.20. The molecular weight excluding hydrogens is 393 g/mol. The fourth-order valence-corrected chi connectivity index (χ4v) is 3.05. The molecule has 3 rings (SSSR count). The van der Waals surface area contributed by atoms with E-state index in [1.807, 2.05) is 0 Å². The van der Waals surface area contributed by atoms with Crippen molar-refractivity contribution in [3.05, 3.63) is 76.6 Å². The van der Waals surface area contributed by atoms with Crippen LogP contribution in [0.15, 0.2) is 48.0 Å². The van der Waals surface area contributed by atoms with Gasteiger partial charge >= 0.3 is 5.97 Å². The highest BCUT2D eigenvalue weighted by atomic mass is 32.1. The summed E-state index contributed by atoms with van der Waals surface area (Å²) in [4.78, 5) is 24.7. The van der Waals surface area contributed by atoms with Crippen LogP contribution >= 0.6 is 12.2 Å². The highest BCUT2D eigenvalue weighted by molar-refractivity contribution is 7.80. The molecule has 0 radical (unpaired) electrons. The maximum atomic E-state index is 14.4. The number of carbonyl (C=O) groups excluding carboxylic acids is 2. The Morgan fingerprint density at radius 1 is 1.04 bits per heavy atom. The molecule has 144 valence electrons. The van der Waals surface area contributed by atoms with Crippen molar-refractivity contribution in [2.24, 2.45) is 0 Å². The van der Waals surface area contributed by atoms with Crippen LogP contribution in [0.5, 0.6) is 0 Å². The van der Waals surface area contributed by atoms with Crippen molar-refractivity contribution in [2.45, 2.75) is 6.04 Å². The first-order valence-corrected chi connectivity index (χ1v) is 8.38. The van der Waals surface area contributed by atoms with Crippen LogP contribution in [0.3, 0.4) is 0 Å². The zero-order chi connectivity index (χ0) is 20.4. The van der Waals surface area contributed by atoms with Crippen LogP contribution in [0.4, 0.5) is 13.2 Å². The van der Waals surface area contributed by atoms with E-state index in [1.54, 1.807) is 0 Å². The normalized spacial score (nSPS) is 16.3. The molecule has 1 aliphatic rings. The van der Waals surface area contributed by atoms with Gasteiger partial charge in [0.2, 0.25) is 0 Å². The number of thiocarbonyl (C=S) groups is 1. The lowest BCUT2D eigenvalue weighted by Crippen LogP contribution is -2.46. The van der Waals surface area contributed by atoms with Crippen molar-refractivity contribution >= 4 is 34.8 Å². The molecule has 28 heavy (non-hydrogen) atoms. The lowest BCUT2D eigenvalue weighted by Gasteiger charge is -2.31. The topological polar surface area (TPSA) is 67.4 Å². The minimum absolute atomic E-state index is 0.00871. The number of hydrogen-bond donors (Lipinski definition) is 2. The third-order valence-corrected chi connectivity index (χ3v) is 4.33. The van der Waals surface area contributed by atoms with E-state index < -0.39 is 35.2 Å². The lowest BCUT2D eigenvalue weighted by atomic mass is 9.89. The molecule has 2 aromatic carbocycles. The van der Waals surface area contributed by atoms with Gasteiger partial charge in [0.15, 0.2) is 16.7 Å². The van der Waals surface area contributed by atoms with Crippen molar-refractivity contribution in [3.8, 4) is 0 Å². The minimum atomic E-state index is -1.20. The Kier molecular flexibility index (Phi) is 5.46. The molecule has 0 saturated carbocycles. The summed E-state index contributed by atoms with van der Waals surface area (Å²) in [6.45, 7) is 0. The molecule has 0 aliphatic carbocycles. The Labute approximate surface area is 163 Å². The summed E-state index contributed by atoms with van der Waals surface area (Å²) < 4.78 is 46.0. The monoisotopic (exact) mass is 406 g/mol. The first-order chi connectivity index (χ1) is 13.3. The van der Waals surface area contributed by atoms with Crippen LogP contribution in [0, 0.1) is 17.5 Å². The van der Waals surface area contributed by atoms with Crippen molar-refractivity contribution in [3.63, 3.8) is 0 Å². The van der Waals surface area contributed by atoms with Crippen molar-refractivity contribution in [2.75, 3.05) is 7.11 Å². The molecule has 1 atom stereocenters. The summed E-state index contributed by atoms with van der Waals surface area (Å²) in [5, 5.41) is 5.41. The maximum absolute atomic E-state index is 14.4. The summed E-state index contributed by atoms with van der Waals surface area (Å²) in [5.41, 5.74) is -0.210. The second-order valence-electron chi connectivity index (χ2n) is 5.79. The van der Waals surface area contributed by atoms with Gasteiger partial charge < -0.3 is 15.4 Å². The summed E-state index contributed by atoms with van der Waals surface area (Å²) in [5.74, 6) is -5.19. The Bertz CT molecular complexity index is 1020. The molecule has 0 fully saturated rings. The molecule has 1 aliphatic heterocycles. The zero-order valence-corrected chi connectivity index (χ0v) is 15.2. The number of ether oxygens (including phenoxy) is 1. The molecule has 0 unspecified atom stereocenters. The van der Waals surface area contributed by atoms with Gasteiger partial charge in [-0.1, -0.05) is 18.2 Å². The van der Waals surface area contributed by atoms with Gasteiger partial charge in [-0.25, -0.2) is 18.0 Å². The molecule has 0 bridgehead atoms. The summed E-state index contributed by atoms with van der Waals surface area (Å²) >= 11 is 5.12. The van der Waals surface area contributed by atoms with Gasteiger partial charge in [-0.05, 0) is 42.0 Å². The first kappa shape index (κ1) is 19.6. The number of ketones is 1. The number of nitrogens with one attached hydrogen (secondary N) is 2. The van der Waals surface area contributed by atoms with Crippen molar-refractivity contribution in [1.82, 2.24) is 10.6 Å². The van der Waals surface area contributed by atoms with E-state index in [9.17, 15) is 22.8 Å². The Morgan fingerprint density at radius 3 is 2.39 bits per heavy atom. The van der Waals surface area contributed by atoms with Crippen LogP contribution in [-0.4, -0.2) is 24.0 Å². The predicted octanol–water partition coefficient (Wildman–Crippen LogP) is 2.78. The minimum Gasteiger partial charge on any atom is -0.463 e. The van der Waals surface area contributed by atoms with Gasteiger partial charge in [-0.15, -0.1) is 0 Å². The van der Waals surface area contributed by atoms with Crippen LogP contribution < -0.4 is 10.6 Å². The average molecular weight is 406 g/mol. The Morgan fingerprint density at radius 2 is 1.75 bits per heavy atom. The van der Waals surface area contributed by atoms with E-state index in [0.29, 0.717) is 0 Å². The van der Waals surface area contributed by atoms with E-state index in [1.165, 1.54) is 30.3 Å². The summed E-state index contributed by atoms with van der Waals surface area (Å²) in [6, 6.07) is 7.38. The fourth-order valence-electron chi connectivity index (χ4n) is 2.83. The predicted molar refractivity (Wildman–Crippen MR) is 98.3 cm³/mol. The van der Waals surface area contributed by atoms with Gasteiger partial charge in [-0.2, -0.15) is 0 Å². The average Bonchev–Trinajstić information content (AvgIpc) is 2.68. The molecule has 0 amide bonds. The summed E-state index contributed by atoms with van der Waals surface area (Å²) in [7, 11) is 1.02. The number of methoxy groups -OCH3 is 1. The number of benzene rings is 2. The number of rotatable bonds is 4. The third kappa shape index (κ3) is 3.61. The number of hydrogen-bond acceptors (Lipinski definition) is 4. The quantitative estimate of drug-likeness (QED) is 0.463. The van der Waals surface area contributed by atoms with Crippen LogP contribution in [0.25, 0.3) is 5.70 Å². The molecule has 0 spiro atoms. The fraction of sp³-hybridized carbons (Fsp3) is 0.105. The zero-order valence-electron chi connectivity index (χ0n) is 14.4. The van der Waals surface area contributed by atoms with Gasteiger partial charge in [0.25, 0.3) is 5.78 Å². The number of carbonyl (C=O) groups is 2. The highest BCUT2D eigenvalue weighted by Gasteiger charge is 2.36. The molecule has 0 saturated heterocycles. The second-order valence-corrected chi connectivity index (χ2v) is 6.20. The van der Waals surface area contributed by atoms with Gasteiger partial charge in [0.1, 0.15) is 5.82 Å². The number of esters is 1. The van der Waals surface area contributed by atoms with Crippen LogP contribution in [0.2, 0.25) is 0 Å². The molecule has 9 heteroatoms. The van der Waals surface area contributed by atoms with Gasteiger partial charge in [0, 0.05) is 5.56 Å². The molecule has 2 N–H and O–H groups in total. The van der Waals surface area contributed by atoms with Crippen LogP contribution in [0.1, 0.15) is 17.2 Å². The standard InChI is InChI=1S/C19H13F3N2O3S/c1-27-18(26)17(25)14-15(9-6-7-12(21)13(22)8-9)23-19(28)24-16(14)10-4-2-3-5-11(10)20/h2-8,15H,1H3,(H2,23,24,28)/t15-/m1/s1. The Balaban J connectivity index is 2.27. The largest absolute Gasteiger partial charge is 0.463 e. The van der Waals surface area contributed by atoms with E-state index >= 15 is 0 Å². The van der Waals surface area contributed by atoms with Gasteiger partial charge in [0.05, 0.1) is 24.4 Å². The van der Waals surface area contributed by atoms with E-state index in [0.717, 1.165) is 19.2 Å².